The van der Waals surface area contributed by atoms with Crippen molar-refractivity contribution in [2.45, 2.75) is 115 Å². The second kappa shape index (κ2) is 14.3. The summed E-state index contributed by atoms with van der Waals surface area (Å²) >= 11 is 0. The van der Waals surface area contributed by atoms with E-state index in [9.17, 15) is 27.6 Å². The molecule has 3 aliphatic carbocycles. The molecular formula is C38H54N4O7S. The molecule has 11 nitrogen and oxygen atoms in total. The molecule has 2 heterocycles. The number of hydrogen-bond donors (Lipinski definition) is 1. The van der Waals surface area contributed by atoms with E-state index in [0.29, 0.717) is 19.3 Å². The van der Waals surface area contributed by atoms with Crippen molar-refractivity contribution in [2.24, 2.45) is 22.7 Å². The van der Waals surface area contributed by atoms with Crippen LogP contribution in [0.3, 0.4) is 0 Å². The van der Waals surface area contributed by atoms with E-state index in [1.807, 2.05) is 37.8 Å². The number of Topliss-reactive ketones (excluding diaryl/α,β-unsaturated/α-hetero) is 1. The highest BCUT2D eigenvalue weighted by Crippen LogP contribution is 2.57. The third-order valence-corrected chi connectivity index (χ3v) is 13.4. The second-order valence-electron chi connectivity index (χ2n) is 16.3. The summed E-state index contributed by atoms with van der Waals surface area (Å²) in [5, 5.41) is -0.576. The highest BCUT2D eigenvalue weighted by Gasteiger charge is 2.61. The van der Waals surface area contributed by atoms with Gasteiger partial charge in [0.25, 0.3) is 0 Å². The molecule has 0 radical (unpaired) electrons. The van der Waals surface area contributed by atoms with E-state index >= 15 is 0 Å². The maximum absolute atomic E-state index is 14.6. The van der Waals surface area contributed by atoms with Crippen molar-refractivity contribution in [3.8, 4) is 0 Å². The summed E-state index contributed by atoms with van der Waals surface area (Å²) in [5.74, 6) is -2.79. The average Bonchev–Trinajstić information content (AvgIpc) is 3.96. The summed E-state index contributed by atoms with van der Waals surface area (Å²) in [5.41, 5.74) is 0.171. The van der Waals surface area contributed by atoms with E-state index in [2.05, 4.69) is 28.3 Å². The number of carbonyl (C=O) groups excluding carboxylic acids is 4. The normalized spacial score (nSPS) is 26.4. The van der Waals surface area contributed by atoms with Crippen LogP contribution in [-0.4, -0.2) is 80.6 Å². The Labute approximate surface area is 297 Å². The number of anilines is 2. The molecule has 2 saturated heterocycles. The second-order valence-corrected chi connectivity index (χ2v) is 18.3. The van der Waals surface area contributed by atoms with Gasteiger partial charge in [-0.15, -0.1) is 6.58 Å². The van der Waals surface area contributed by atoms with Crippen molar-refractivity contribution in [1.29, 1.82) is 0 Å². The van der Waals surface area contributed by atoms with Gasteiger partial charge in [-0.1, -0.05) is 26.8 Å². The molecule has 0 bridgehead atoms. The molecule has 0 unspecified atom stereocenters. The minimum absolute atomic E-state index is 0.0926. The van der Waals surface area contributed by atoms with E-state index < -0.39 is 49.9 Å². The van der Waals surface area contributed by atoms with Gasteiger partial charge in [-0.2, -0.15) is 0 Å². The lowest BCUT2D eigenvalue weighted by Gasteiger charge is -2.34. The monoisotopic (exact) mass is 710 g/mol. The van der Waals surface area contributed by atoms with Crippen LogP contribution < -0.4 is 14.5 Å². The summed E-state index contributed by atoms with van der Waals surface area (Å²) < 4.78 is 33.4. The van der Waals surface area contributed by atoms with Crippen LogP contribution in [0.4, 0.5) is 11.4 Å². The number of hydrogen-bond acceptors (Lipinski definition) is 9. The Morgan fingerprint density at radius 1 is 0.960 bits per heavy atom. The van der Waals surface area contributed by atoms with Gasteiger partial charge >= 0.3 is 5.97 Å². The highest BCUT2D eigenvalue weighted by atomic mass is 32.2. The number of esters is 1. The van der Waals surface area contributed by atoms with Crippen molar-refractivity contribution in [3.05, 3.63) is 36.9 Å². The number of amides is 2. The molecule has 5 aliphatic rings. The number of allylic oxidation sites excluding steroid dienone is 1. The molecule has 1 aromatic rings. The van der Waals surface area contributed by atoms with Gasteiger partial charge < -0.3 is 19.4 Å². The fourth-order valence-electron chi connectivity index (χ4n) is 8.04. The first-order chi connectivity index (χ1) is 23.7. The summed E-state index contributed by atoms with van der Waals surface area (Å²) in [6.07, 6.45) is 9.78. The van der Waals surface area contributed by atoms with Gasteiger partial charge in [0.15, 0.2) is 5.78 Å². The average molecular weight is 711 g/mol. The highest BCUT2D eigenvalue weighted by molar-refractivity contribution is 7.90. The first-order valence-electron chi connectivity index (χ1n) is 18.5. The first-order valence-corrected chi connectivity index (χ1v) is 20.1. The first kappa shape index (κ1) is 36.4. The minimum atomic E-state index is -3.81. The summed E-state index contributed by atoms with van der Waals surface area (Å²) in [6.45, 7) is 12.0. The van der Waals surface area contributed by atoms with Crippen LogP contribution in [-0.2, 0) is 33.9 Å². The molecule has 1 N–H and O–H groups in total. The molecule has 2 amide bonds. The number of nitrogens with one attached hydrogen (secondary N) is 1. The fourth-order valence-corrected chi connectivity index (χ4v) is 9.42. The van der Waals surface area contributed by atoms with Crippen molar-refractivity contribution >= 4 is 45.0 Å². The Balaban J connectivity index is 1.24. The molecular weight excluding hydrogens is 657 g/mol. The number of nitrogens with zero attached hydrogens (tertiary/aromatic N) is 3. The summed E-state index contributed by atoms with van der Waals surface area (Å²) in [6, 6.07) is 7.31. The van der Waals surface area contributed by atoms with Crippen LogP contribution >= 0.6 is 0 Å². The Morgan fingerprint density at radius 3 is 2.14 bits per heavy atom. The van der Waals surface area contributed by atoms with E-state index in [4.69, 9.17) is 4.74 Å². The van der Waals surface area contributed by atoms with Gasteiger partial charge in [0.1, 0.15) is 12.1 Å². The number of carbonyl (C=O) groups is 4. The number of ether oxygens (including phenoxy) is 1. The quantitative estimate of drug-likeness (QED) is 0.223. The van der Waals surface area contributed by atoms with E-state index in [-0.39, 0.29) is 49.8 Å². The van der Waals surface area contributed by atoms with E-state index in [1.165, 1.54) is 6.42 Å². The summed E-state index contributed by atoms with van der Waals surface area (Å²) in [4.78, 5) is 61.6. The molecule has 2 aliphatic heterocycles. The molecule has 3 saturated carbocycles. The molecule has 0 spiro atoms. The molecule has 4 atom stereocenters. The largest absolute Gasteiger partial charge is 0.462 e. The molecule has 6 rings (SSSR count). The Kier molecular flexibility index (Phi) is 10.4. The van der Waals surface area contributed by atoms with Crippen LogP contribution in [0.1, 0.15) is 97.8 Å². The maximum atomic E-state index is 14.6. The van der Waals surface area contributed by atoms with Crippen LogP contribution in [0.15, 0.2) is 36.9 Å². The predicted octanol–water partition coefficient (Wildman–Crippen LogP) is 4.95. The smallest absolute Gasteiger partial charge is 0.306 e. The molecule has 1 aromatic carbocycles. The standard InChI is InChI=1S/C38H54N4O7S/c1-5-26-22-38(26,36(46)39-50(47,48)30-17-18-30)23-33(43)32-24-41(28-15-13-27(14-16-28)40-19-9-6-10-20-40)25-42(32)35(45)31(37(2,3)4)21-34(44)49-29-11-7-8-12-29/h5,13-16,26,29-32H,1,6-12,17-25H2,2-4H3,(H,39,46)/t26-,31-,32+,38-/m1/s1. The van der Waals surface area contributed by atoms with Gasteiger partial charge in [0.2, 0.25) is 21.8 Å². The van der Waals surface area contributed by atoms with E-state index in [0.717, 1.165) is 63.0 Å². The molecule has 12 heteroatoms. The van der Waals surface area contributed by atoms with Crippen LogP contribution in [0.2, 0.25) is 0 Å². The lowest BCUT2D eigenvalue weighted by atomic mass is 9.77. The van der Waals surface area contributed by atoms with Crippen LogP contribution in [0.5, 0.6) is 0 Å². The topological polar surface area (TPSA) is 133 Å². The van der Waals surface area contributed by atoms with Gasteiger partial charge in [-0.25, -0.2) is 8.42 Å². The predicted molar refractivity (Wildman–Crippen MR) is 192 cm³/mol. The minimum Gasteiger partial charge on any atom is -0.462 e. The SMILES string of the molecule is C=C[C@@H]1C[C@]1(CC(=O)[C@@H]1CN(c2ccc(N3CCCCC3)cc2)CN1C(=O)[C@@H](CC(=O)OC1CCCC1)C(C)(C)C)C(=O)NS(=O)(=O)C1CC1. The number of piperidine rings is 1. The van der Waals surface area contributed by atoms with Gasteiger partial charge in [0.05, 0.1) is 29.7 Å². The number of rotatable bonds is 13. The third kappa shape index (κ3) is 7.90. The Bertz CT molecular complexity index is 1570. The molecule has 274 valence electrons. The zero-order valence-electron chi connectivity index (χ0n) is 29.9. The molecule has 50 heavy (non-hydrogen) atoms. The number of benzene rings is 1. The summed E-state index contributed by atoms with van der Waals surface area (Å²) in [7, 11) is -3.81. The van der Waals surface area contributed by atoms with Crippen molar-refractivity contribution in [2.75, 3.05) is 36.1 Å². The molecule has 5 fully saturated rings. The lowest BCUT2D eigenvalue weighted by Crippen LogP contribution is -2.49. The van der Waals surface area contributed by atoms with Crippen molar-refractivity contribution in [1.82, 2.24) is 9.62 Å². The lowest BCUT2D eigenvalue weighted by molar-refractivity contribution is -0.156. The van der Waals surface area contributed by atoms with Gasteiger partial charge in [-0.05, 0) is 99.8 Å². The van der Waals surface area contributed by atoms with Crippen molar-refractivity contribution < 1.29 is 32.3 Å². The third-order valence-electron chi connectivity index (χ3n) is 11.6. The molecule has 0 aromatic heterocycles. The van der Waals surface area contributed by atoms with Crippen LogP contribution in [0, 0.1) is 22.7 Å². The van der Waals surface area contributed by atoms with Crippen molar-refractivity contribution in [3.63, 3.8) is 0 Å². The van der Waals surface area contributed by atoms with E-state index in [1.54, 1.807) is 11.0 Å². The van der Waals surface area contributed by atoms with Crippen LogP contribution in [0.25, 0.3) is 0 Å². The number of ketones is 1. The maximum Gasteiger partial charge on any atom is 0.306 e. The Morgan fingerprint density at radius 2 is 1.58 bits per heavy atom. The zero-order valence-corrected chi connectivity index (χ0v) is 30.7. The van der Waals surface area contributed by atoms with Gasteiger partial charge in [-0.3, -0.25) is 23.9 Å². The van der Waals surface area contributed by atoms with Gasteiger partial charge in [0, 0.05) is 37.4 Å². The number of sulfonamides is 1. The Hall–Kier alpha value is -3.41. The zero-order chi connectivity index (χ0) is 35.8. The fraction of sp³-hybridized carbons (Fsp3) is 0.684.